The number of rotatable bonds is 4. The lowest BCUT2D eigenvalue weighted by molar-refractivity contribution is -0.198. The predicted molar refractivity (Wildman–Crippen MR) is 104 cm³/mol. The van der Waals surface area contributed by atoms with Gasteiger partial charge >= 0.3 is 0 Å². The van der Waals surface area contributed by atoms with E-state index in [-0.39, 0.29) is 5.60 Å². The topological polar surface area (TPSA) is 27.7 Å². The molecule has 3 aliphatic carbocycles. The molecule has 2 bridgehead atoms. The van der Waals surface area contributed by atoms with Gasteiger partial charge in [0.2, 0.25) is 0 Å². The SMILES string of the molecule is COc1cc(OC)c2c(c1)O[C@]1(CC[C@H]3C[C@@H]1C3(C)C)C[C@H]2CC(C)C. The van der Waals surface area contributed by atoms with Gasteiger partial charge in [-0.05, 0) is 55.3 Å². The van der Waals surface area contributed by atoms with Gasteiger partial charge in [-0.3, -0.25) is 0 Å². The summed E-state index contributed by atoms with van der Waals surface area (Å²) in [6, 6.07) is 4.10. The molecule has 3 heteroatoms. The fourth-order valence-corrected chi connectivity index (χ4v) is 6.26. The van der Waals surface area contributed by atoms with Crippen LogP contribution in [0.4, 0.5) is 0 Å². The van der Waals surface area contributed by atoms with Crippen LogP contribution in [0.5, 0.6) is 17.2 Å². The molecule has 0 amide bonds. The van der Waals surface area contributed by atoms with E-state index in [1.165, 1.54) is 31.2 Å². The summed E-state index contributed by atoms with van der Waals surface area (Å²) >= 11 is 0. The van der Waals surface area contributed by atoms with Crippen LogP contribution in [0, 0.1) is 23.2 Å². The summed E-state index contributed by atoms with van der Waals surface area (Å²) in [5.74, 6) is 5.43. The molecular formula is C23H34O3. The summed E-state index contributed by atoms with van der Waals surface area (Å²) < 4.78 is 18.2. The Hall–Kier alpha value is -1.38. The third kappa shape index (κ3) is 2.53. The molecule has 5 rings (SSSR count). The lowest BCUT2D eigenvalue weighted by Gasteiger charge is -2.66. The average Bonchev–Trinajstić information content (AvgIpc) is 2.59. The van der Waals surface area contributed by atoms with Crippen molar-refractivity contribution in [3.63, 3.8) is 0 Å². The van der Waals surface area contributed by atoms with Crippen LogP contribution in [0.2, 0.25) is 0 Å². The van der Waals surface area contributed by atoms with E-state index >= 15 is 0 Å². The molecule has 144 valence electrons. The molecule has 1 spiro atoms. The molecule has 1 heterocycles. The van der Waals surface area contributed by atoms with E-state index in [2.05, 4.69) is 33.8 Å². The van der Waals surface area contributed by atoms with Crippen molar-refractivity contribution in [1.29, 1.82) is 0 Å². The zero-order chi connectivity index (χ0) is 18.7. The van der Waals surface area contributed by atoms with E-state index < -0.39 is 0 Å². The largest absolute Gasteiger partial charge is 0.496 e. The van der Waals surface area contributed by atoms with Gasteiger partial charge in [0.15, 0.2) is 0 Å². The van der Waals surface area contributed by atoms with E-state index in [9.17, 15) is 0 Å². The van der Waals surface area contributed by atoms with E-state index in [4.69, 9.17) is 14.2 Å². The molecule has 0 aromatic heterocycles. The van der Waals surface area contributed by atoms with E-state index in [1.807, 2.05) is 6.07 Å². The number of benzene rings is 1. The number of hydrogen-bond acceptors (Lipinski definition) is 3. The van der Waals surface area contributed by atoms with E-state index in [0.29, 0.717) is 23.2 Å². The van der Waals surface area contributed by atoms with Crippen molar-refractivity contribution in [1.82, 2.24) is 0 Å². The minimum absolute atomic E-state index is 0.0117. The molecule has 0 unspecified atom stereocenters. The van der Waals surface area contributed by atoms with Crippen molar-refractivity contribution in [3.05, 3.63) is 17.7 Å². The molecule has 1 aromatic rings. The van der Waals surface area contributed by atoms with Gasteiger partial charge in [-0.15, -0.1) is 0 Å². The lowest BCUT2D eigenvalue weighted by atomic mass is 9.42. The Morgan fingerprint density at radius 1 is 1.19 bits per heavy atom. The van der Waals surface area contributed by atoms with Crippen LogP contribution in [0.15, 0.2) is 12.1 Å². The van der Waals surface area contributed by atoms with Gasteiger partial charge in [0.25, 0.3) is 0 Å². The van der Waals surface area contributed by atoms with Gasteiger partial charge in [-0.1, -0.05) is 27.7 Å². The van der Waals surface area contributed by atoms with Crippen LogP contribution in [-0.4, -0.2) is 19.8 Å². The Morgan fingerprint density at radius 2 is 1.96 bits per heavy atom. The average molecular weight is 359 g/mol. The Kier molecular flexibility index (Phi) is 4.20. The Labute approximate surface area is 158 Å². The zero-order valence-corrected chi connectivity index (χ0v) is 17.2. The summed E-state index contributed by atoms with van der Waals surface area (Å²) in [4.78, 5) is 0. The second-order valence-corrected chi connectivity index (χ2v) is 9.78. The summed E-state index contributed by atoms with van der Waals surface area (Å²) in [7, 11) is 3.47. The molecule has 3 fully saturated rings. The van der Waals surface area contributed by atoms with Crippen molar-refractivity contribution >= 4 is 0 Å². The van der Waals surface area contributed by atoms with E-state index in [0.717, 1.165) is 29.6 Å². The number of ether oxygens (including phenoxy) is 3. The zero-order valence-electron chi connectivity index (χ0n) is 17.2. The second kappa shape index (κ2) is 6.07. The highest BCUT2D eigenvalue weighted by atomic mass is 16.5. The molecule has 3 saturated carbocycles. The summed E-state index contributed by atoms with van der Waals surface area (Å²) in [6.07, 6.45) is 6.13. The van der Waals surface area contributed by atoms with Crippen molar-refractivity contribution in [2.75, 3.05) is 14.2 Å². The van der Waals surface area contributed by atoms with E-state index in [1.54, 1.807) is 14.2 Å². The highest BCUT2D eigenvalue weighted by molar-refractivity contribution is 5.54. The maximum absolute atomic E-state index is 6.88. The first kappa shape index (κ1) is 18.0. The van der Waals surface area contributed by atoms with Crippen LogP contribution in [-0.2, 0) is 0 Å². The minimum Gasteiger partial charge on any atom is -0.496 e. The van der Waals surface area contributed by atoms with Crippen molar-refractivity contribution in [2.24, 2.45) is 23.2 Å². The first-order valence-corrected chi connectivity index (χ1v) is 10.3. The summed E-state index contributed by atoms with van der Waals surface area (Å²) in [6.45, 7) is 9.55. The molecule has 0 N–H and O–H groups in total. The minimum atomic E-state index is -0.0117. The normalized spacial score (nSPS) is 34.0. The first-order chi connectivity index (χ1) is 12.3. The smallest absolute Gasteiger partial charge is 0.131 e. The monoisotopic (exact) mass is 358 g/mol. The lowest BCUT2D eigenvalue weighted by Crippen LogP contribution is -2.64. The van der Waals surface area contributed by atoms with Crippen molar-refractivity contribution in [3.8, 4) is 17.2 Å². The number of hydrogen-bond donors (Lipinski definition) is 0. The van der Waals surface area contributed by atoms with Gasteiger partial charge in [-0.2, -0.15) is 0 Å². The van der Waals surface area contributed by atoms with Crippen LogP contribution >= 0.6 is 0 Å². The molecule has 4 atom stereocenters. The van der Waals surface area contributed by atoms with Crippen LogP contribution < -0.4 is 14.2 Å². The van der Waals surface area contributed by atoms with Crippen LogP contribution in [0.1, 0.15) is 71.3 Å². The second-order valence-electron chi connectivity index (χ2n) is 9.78. The van der Waals surface area contributed by atoms with Gasteiger partial charge in [-0.25, -0.2) is 0 Å². The Balaban J connectivity index is 1.79. The van der Waals surface area contributed by atoms with Gasteiger partial charge in [0.1, 0.15) is 22.8 Å². The van der Waals surface area contributed by atoms with Crippen LogP contribution in [0.25, 0.3) is 0 Å². The molecule has 0 radical (unpaired) electrons. The molecule has 4 aliphatic rings. The molecule has 1 aliphatic heterocycles. The standard InChI is InChI=1S/C23H34O3/c1-14(2)9-15-13-23(8-7-16-10-20(23)22(16,3)4)26-19-12-17(24-5)11-18(25-6)21(15)19/h11-12,14-16,20H,7-10,13H2,1-6H3/t15-,16+,20-,23-/m1/s1. The fraction of sp³-hybridized carbons (Fsp3) is 0.739. The van der Waals surface area contributed by atoms with Crippen LogP contribution in [0.3, 0.4) is 0 Å². The first-order valence-electron chi connectivity index (χ1n) is 10.3. The summed E-state index contributed by atoms with van der Waals surface area (Å²) in [5.41, 5.74) is 1.65. The maximum atomic E-state index is 6.88. The highest BCUT2D eigenvalue weighted by Gasteiger charge is 2.64. The maximum Gasteiger partial charge on any atom is 0.131 e. The molecule has 1 aromatic carbocycles. The molecule has 26 heavy (non-hydrogen) atoms. The van der Waals surface area contributed by atoms with Crippen molar-refractivity contribution < 1.29 is 14.2 Å². The van der Waals surface area contributed by atoms with Gasteiger partial charge in [0, 0.05) is 23.6 Å². The third-order valence-electron chi connectivity index (χ3n) is 7.62. The van der Waals surface area contributed by atoms with Crippen molar-refractivity contribution in [2.45, 2.75) is 71.3 Å². The molecule has 0 saturated heterocycles. The fourth-order valence-electron chi connectivity index (χ4n) is 6.26. The molecule has 3 nitrogen and oxygen atoms in total. The quantitative estimate of drug-likeness (QED) is 0.679. The highest BCUT2D eigenvalue weighted by Crippen LogP contribution is 2.67. The number of methoxy groups -OCH3 is 2. The third-order valence-corrected chi connectivity index (χ3v) is 7.62. The summed E-state index contributed by atoms with van der Waals surface area (Å²) in [5, 5.41) is 0. The van der Waals surface area contributed by atoms with Gasteiger partial charge in [0.05, 0.1) is 14.2 Å². The Bertz CT molecular complexity index is 691. The van der Waals surface area contributed by atoms with Gasteiger partial charge < -0.3 is 14.2 Å². The molecular weight excluding hydrogens is 324 g/mol. The number of fused-ring (bicyclic) bond motifs is 2. The predicted octanol–water partition coefficient (Wildman–Crippen LogP) is 5.81. The Morgan fingerprint density at radius 3 is 2.54 bits per heavy atom.